The maximum atomic E-state index is 14.0. The molecule has 0 amide bonds. The molecule has 1 aliphatic carbocycles. The molecule has 2 aromatic rings. The lowest BCUT2D eigenvalue weighted by Crippen LogP contribution is -2.17. The third-order valence-electron chi connectivity index (χ3n) is 3.73. The van der Waals surface area contributed by atoms with Crippen LogP contribution in [0, 0.1) is 5.82 Å². The van der Waals surface area contributed by atoms with E-state index in [-0.39, 0.29) is 5.82 Å². The molecule has 1 fully saturated rings. The van der Waals surface area contributed by atoms with Crippen LogP contribution in [0.1, 0.15) is 24.1 Å². The quantitative estimate of drug-likeness (QED) is 0.851. The lowest BCUT2D eigenvalue weighted by atomic mass is 10.2. The molecule has 21 heavy (non-hydrogen) atoms. The summed E-state index contributed by atoms with van der Waals surface area (Å²) in [5, 5.41) is 7.50. The van der Waals surface area contributed by atoms with Gasteiger partial charge < -0.3 is 10.1 Å². The van der Waals surface area contributed by atoms with Crippen molar-refractivity contribution in [2.45, 2.75) is 31.8 Å². The number of halogens is 1. The molecule has 1 N–H and O–H groups in total. The molecule has 1 aromatic heterocycles. The number of nitrogens with one attached hydrogen (secondary N) is 1. The van der Waals surface area contributed by atoms with Crippen LogP contribution in [0.15, 0.2) is 30.5 Å². The van der Waals surface area contributed by atoms with Crippen molar-refractivity contribution in [2.75, 3.05) is 6.61 Å². The summed E-state index contributed by atoms with van der Waals surface area (Å²) < 4.78 is 21.5. The van der Waals surface area contributed by atoms with Crippen molar-refractivity contribution in [3.63, 3.8) is 0 Å². The Balaban J connectivity index is 1.61. The zero-order chi connectivity index (χ0) is 14.7. The first-order chi connectivity index (χ1) is 10.2. The molecule has 1 heterocycles. The average molecular weight is 289 g/mol. The van der Waals surface area contributed by atoms with E-state index in [0.717, 1.165) is 11.3 Å². The molecule has 1 aliphatic rings. The molecule has 0 radical (unpaired) electrons. The predicted octanol–water partition coefficient (Wildman–Crippen LogP) is 2.43. The summed E-state index contributed by atoms with van der Waals surface area (Å²) in [5.74, 6) is 0.0721. The molecule has 0 bridgehead atoms. The number of hydrogen-bond donors (Lipinski definition) is 1. The average Bonchev–Trinajstić information content (AvgIpc) is 3.22. The summed E-state index contributed by atoms with van der Waals surface area (Å²) >= 11 is 0. The van der Waals surface area contributed by atoms with Crippen LogP contribution < -0.4 is 10.1 Å². The van der Waals surface area contributed by atoms with Crippen molar-refractivity contribution in [1.29, 1.82) is 0 Å². The van der Waals surface area contributed by atoms with E-state index in [1.165, 1.54) is 18.9 Å². The highest BCUT2D eigenvalue weighted by atomic mass is 19.1. The first-order valence-corrected chi connectivity index (χ1v) is 7.34. The molecule has 0 saturated heterocycles. The van der Waals surface area contributed by atoms with E-state index in [4.69, 9.17) is 4.74 Å². The Bertz CT molecular complexity index is 607. The van der Waals surface area contributed by atoms with Crippen LogP contribution in [0.2, 0.25) is 0 Å². The molecule has 1 aromatic carbocycles. The fourth-order valence-electron chi connectivity index (χ4n) is 2.30. The molecule has 0 unspecified atom stereocenters. The van der Waals surface area contributed by atoms with Gasteiger partial charge in [0.25, 0.3) is 0 Å². The van der Waals surface area contributed by atoms with Gasteiger partial charge in [-0.25, -0.2) is 4.39 Å². The van der Waals surface area contributed by atoms with Crippen molar-refractivity contribution in [2.24, 2.45) is 7.05 Å². The van der Waals surface area contributed by atoms with E-state index in [1.807, 2.05) is 19.2 Å². The van der Waals surface area contributed by atoms with Crippen molar-refractivity contribution in [1.82, 2.24) is 15.1 Å². The Labute approximate surface area is 123 Å². The zero-order valence-corrected chi connectivity index (χ0v) is 12.2. The normalized spacial score (nSPS) is 14.4. The fraction of sp³-hybridized carbons (Fsp3) is 0.438. The summed E-state index contributed by atoms with van der Waals surface area (Å²) in [6.45, 7) is 1.10. The van der Waals surface area contributed by atoms with Crippen LogP contribution in [0.4, 0.5) is 4.39 Å². The Morgan fingerprint density at radius 2 is 2.24 bits per heavy atom. The molecule has 3 rings (SSSR count). The third-order valence-corrected chi connectivity index (χ3v) is 3.73. The van der Waals surface area contributed by atoms with Gasteiger partial charge in [0, 0.05) is 43.5 Å². The lowest BCUT2D eigenvalue weighted by molar-refractivity contribution is 0.298. The van der Waals surface area contributed by atoms with Crippen molar-refractivity contribution >= 4 is 0 Å². The van der Waals surface area contributed by atoms with Crippen molar-refractivity contribution < 1.29 is 9.13 Å². The second kappa shape index (κ2) is 6.26. The van der Waals surface area contributed by atoms with Gasteiger partial charge in [-0.05, 0) is 25.0 Å². The van der Waals surface area contributed by atoms with Gasteiger partial charge in [0.1, 0.15) is 0 Å². The first-order valence-electron chi connectivity index (χ1n) is 7.34. The Morgan fingerprint density at radius 3 is 2.95 bits per heavy atom. The minimum Gasteiger partial charge on any atom is -0.490 e. The maximum Gasteiger partial charge on any atom is 0.165 e. The second-order valence-electron chi connectivity index (χ2n) is 5.43. The fourth-order valence-corrected chi connectivity index (χ4v) is 2.30. The minimum absolute atomic E-state index is 0.296. The Morgan fingerprint density at radius 1 is 1.38 bits per heavy atom. The zero-order valence-electron chi connectivity index (χ0n) is 12.2. The van der Waals surface area contributed by atoms with Gasteiger partial charge in [0.05, 0.1) is 6.61 Å². The van der Waals surface area contributed by atoms with Crippen LogP contribution in [0.3, 0.4) is 0 Å². The molecular weight excluding hydrogens is 269 g/mol. The largest absolute Gasteiger partial charge is 0.490 e. The highest BCUT2D eigenvalue weighted by molar-refractivity contribution is 5.35. The highest BCUT2D eigenvalue weighted by Gasteiger charge is 2.21. The summed E-state index contributed by atoms with van der Waals surface area (Å²) in [6, 6.07) is 7.63. The van der Waals surface area contributed by atoms with Crippen LogP contribution in [-0.2, 0) is 20.0 Å². The molecule has 0 spiro atoms. The Hall–Kier alpha value is -1.88. The van der Waals surface area contributed by atoms with E-state index in [2.05, 4.69) is 10.4 Å². The van der Waals surface area contributed by atoms with Crippen LogP contribution in [-0.4, -0.2) is 22.4 Å². The van der Waals surface area contributed by atoms with E-state index in [1.54, 1.807) is 16.9 Å². The molecular formula is C16H20FN3O. The Kier molecular flexibility index (Phi) is 4.20. The topological polar surface area (TPSA) is 39.1 Å². The van der Waals surface area contributed by atoms with Gasteiger partial charge in [-0.3, -0.25) is 4.68 Å². The van der Waals surface area contributed by atoms with Gasteiger partial charge in [-0.2, -0.15) is 5.10 Å². The van der Waals surface area contributed by atoms with Crippen LogP contribution in [0.25, 0.3) is 0 Å². The summed E-state index contributed by atoms with van der Waals surface area (Å²) in [6.07, 6.45) is 4.89. The SMILES string of the molecule is Cn1nccc1CCOc1c(F)cccc1CNC1CC1. The molecule has 112 valence electrons. The number of nitrogens with zero attached hydrogens (tertiary/aromatic N) is 2. The molecule has 5 heteroatoms. The number of para-hydroxylation sites is 1. The molecule has 0 atom stereocenters. The van der Waals surface area contributed by atoms with Crippen LogP contribution in [0.5, 0.6) is 5.75 Å². The van der Waals surface area contributed by atoms with Crippen molar-refractivity contribution in [3.8, 4) is 5.75 Å². The van der Waals surface area contributed by atoms with E-state index in [0.29, 0.717) is 31.4 Å². The molecule has 0 aliphatic heterocycles. The third kappa shape index (κ3) is 3.61. The predicted molar refractivity (Wildman–Crippen MR) is 78.7 cm³/mol. The highest BCUT2D eigenvalue weighted by Crippen LogP contribution is 2.25. The number of aromatic nitrogens is 2. The van der Waals surface area contributed by atoms with Gasteiger partial charge in [-0.15, -0.1) is 0 Å². The van der Waals surface area contributed by atoms with E-state index >= 15 is 0 Å². The van der Waals surface area contributed by atoms with Gasteiger partial charge in [0.15, 0.2) is 11.6 Å². The van der Waals surface area contributed by atoms with Crippen molar-refractivity contribution in [3.05, 3.63) is 47.5 Å². The number of hydrogen-bond acceptors (Lipinski definition) is 3. The maximum absolute atomic E-state index is 14.0. The monoisotopic (exact) mass is 289 g/mol. The minimum atomic E-state index is -0.296. The van der Waals surface area contributed by atoms with Gasteiger partial charge >= 0.3 is 0 Å². The smallest absolute Gasteiger partial charge is 0.165 e. The first kappa shape index (κ1) is 14.1. The van der Waals surface area contributed by atoms with E-state index < -0.39 is 0 Å². The van der Waals surface area contributed by atoms with E-state index in [9.17, 15) is 4.39 Å². The molecule has 4 nitrogen and oxygen atoms in total. The summed E-state index contributed by atoms with van der Waals surface area (Å²) in [5.41, 5.74) is 1.95. The number of benzene rings is 1. The number of aryl methyl sites for hydroxylation is 1. The standard InChI is InChI=1S/C16H20FN3O/c1-20-14(7-9-19-20)8-10-21-16-12(3-2-4-15(16)17)11-18-13-5-6-13/h2-4,7,9,13,18H,5-6,8,10-11H2,1H3. The molecule has 1 saturated carbocycles. The van der Waals surface area contributed by atoms with Gasteiger partial charge in [0.2, 0.25) is 0 Å². The summed E-state index contributed by atoms with van der Waals surface area (Å²) in [7, 11) is 1.89. The number of ether oxygens (including phenoxy) is 1. The second-order valence-corrected chi connectivity index (χ2v) is 5.43. The summed E-state index contributed by atoms with van der Waals surface area (Å²) in [4.78, 5) is 0. The lowest BCUT2D eigenvalue weighted by Gasteiger charge is -2.13. The van der Waals surface area contributed by atoms with Crippen LogP contribution >= 0.6 is 0 Å². The number of rotatable bonds is 7. The van der Waals surface area contributed by atoms with Gasteiger partial charge in [-0.1, -0.05) is 12.1 Å².